The van der Waals surface area contributed by atoms with Gasteiger partial charge in [0, 0.05) is 25.3 Å². The van der Waals surface area contributed by atoms with Gasteiger partial charge in [0.25, 0.3) is 0 Å². The summed E-state index contributed by atoms with van der Waals surface area (Å²) in [6.45, 7) is 2.00. The van der Waals surface area contributed by atoms with Crippen LogP contribution in [0.5, 0.6) is 0 Å². The Morgan fingerprint density at radius 3 is 2.50 bits per heavy atom. The Morgan fingerprint density at radius 2 is 2.00 bits per heavy atom. The standard InChI is InChI=1S/C15H20N4O2S/c1-5-12(22-4)13(20)16-11-8-6-10(7-9-11)14-17-18-15(21-14)19(2)3/h6-9,12H,5H2,1-4H3,(H,16,20)/t12-/m0/s1. The summed E-state index contributed by atoms with van der Waals surface area (Å²) in [6, 6.07) is 7.82. The fraction of sp³-hybridized carbons (Fsp3) is 0.400. The maximum Gasteiger partial charge on any atom is 0.317 e. The van der Waals surface area contributed by atoms with E-state index < -0.39 is 0 Å². The van der Waals surface area contributed by atoms with Gasteiger partial charge < -0.3 is 14.6 Å². The lowest BCUT2D eigenvalue weighted by Gasteiger charge is -2.12. The summed E-state index contributed by atoms with van der Waals surface area (Å²) in [5.41, 5.74) is 1.57. The van der Waals surface area contributed by atoms with Crippen molar-refractivity contribution in [1.82, 2.24) is 10.2 Å². The van der Waals surface area contributed by atoms with Crippen LogP contribution in [0.1, 0.15) is 13.3 Å². The Labute approximate surface area is 134 Å². The van der Waals surface area contributed by atoms with E-state index in [1.165, 1.54) is 0 Å². The van der Waals surface area contributed by atoms with Gasteiger partial charge in [-0.2, -0.15) is 11.8 Å². The van der Waals surface area contributed by atoms with Gasteiger partial charge in [-0.1, -0.05) is 12.0 Å². The minimum atomic E-state index is -0.0294. The van der Waals surface area contributed by atoms with Gasteiger partial charge in [0.1, 0.15) is 0 Å². The molecule has 1 aromatic carbocycles. The number of thioether (sulfide) groups is 1. The second-order valence-electron chi connectivity index (χ2n) is 4.98. The summed E-state index contributed by atoms with van der Waals surface area (Å²) in [7, 11) is 3.68. The number of nitrogens with zero attached hydrogens (tertiary/aromatic N) is 3. The van der Waals surface area contributed by atoms with Gasteiger partial charge in [0.15, 0.2) is 0 Å². The SMILES string of the molecule is CC[C@H](SC)C(=O)Nc1ccc(-c2nnc(N(C)C)o2)cc1. The van der Waals surface area contributed by atoms with E-state index in [1.54, 1.807) is 16.7 Å². The summed E-state index contributed by atoms with van der Waals surface area (Å²) in [5, 5.41) is 10.8. The van der Waals surface area contributed by atoms with E-state index in [4.69, 9.17) is 4.42 Å². The molecule has 0 radical (unpaired) electrons. The number of benzene rings is 1. The van der Waals surface area contributed by atoms with Crippen molar-refractivity contribution in [1.29, 1.82) is 0 Å². The molecule has 0 aliphatic rings. The summed E-state index contributed by atoms with van der Waals surface area (Å²) < 4.78 is 5.54. The lowest BCUT2D eigenvalue weighted by Crippen LogP contribution is -2.24. The van der Waals surface area contributed by atoms with Crippen molar-refractivity contribution < 1.29 is 9.21 Å². The molecular weight excluding hydrogens is 300 g/mol. The molecule has 0 unspecified atom stereocenters. The highest BCUT2D eigenvalue weighted by atomic mass is 32.2. The van der Waals surface area contributed by atoms with Crippen LogP contribution in [0.25, 0.3) is 11.5 Å². The molecule has 0 aliphatic carbocycles. The molecular formula is C15H20N4O2S. The van der Waals surface area contributed by atoms with Crippen LogP contribution in [0.15, 0.2) is 28.7 Å². The number of hydrogen-bond acceptors (Lipinski definition) is 6. The normalized spacial score (nSPS) is 12.0. The summed E-state index contributed by atoms with van der Waals surface area (Å²) in [6.07, 6.45) is 2.75. The second-order valence-corrected chi connectivity index (χ2v) is 6.02. The third kappa shape index (κ3) is 3.79. The minimum Gasteiger partial charge on any atom is -0.403 e. The predicted octanol–water partition coefficient (Wildman–Crippen LogP) is 2.88. The van der Waals surface area contributed by atoms with Gasteiger partial charge in [0.2, 0.25) is 11.8 Å². The van der Waals surface area contributed by atoms with Crippen LogP contribution >= 0.6 is 11.8 Å². The monoisotopic (exact) mass is 320 g/mol. The van der Waals surface area contributed by atoms with Crippen molar-refractivity contribution in [2.45, 2.75) is 18.6 Å². The molecule has 2 aromatic rings. The second kappa shape index (κ2) is 7.31. The van der Waals surface area contributed by atoms with Crippen LogP contribution in [0.4, 0.5) is 11.7 Å². The van der Waals surface area contributed by atoms with Gasteiger partial charge in [-0.3, -0.25) is 4.79 Å². The zero-order chi connectivity index (χ0) is 16.1. The Morgan fingerprint density at radius 1 is 1.32 bits per heavy atom. The van der Waals surface area contributed by atoms with Crippen LogP contribution in [0, 0.1) is 0 Å². The number of aromatic nitrogens is 2. The quantitative estimate of drug-likeness (QED) is 0.882. The number of anilines is 2. The Kier molecular flexibility index (Phi) is 5.43. The zero-order valence-corrected chi connectivity index (χ0v) is 14.0. The van der Waals surface area contributed by atoms with Crippen molar-refractivity contribution in [3.8, 4) is 11.5 Å². The van der Waals surface area contributed by atoms with Crippen molar-refractivity contribution in [3.63, 3.8) is 0 Å². The average molecular weight is 320 g/mol. The first-order valence-corrected chi connectivity index (χ1v) is 8.28. The first-order chi connectivity index (χ1) is 10.5. The van der Waals surface area contributed by atoms with E-state index in [9.17, 15) is 4.79 Å². The van der Waals surface area contributed by atoms with Crippen molar-refractivity contribution in [2.75, 3.05) is 30.6 Å². The number of carbonyl (C=O) groups is 1. The number of nitrogens with one attached hydrogen (secondary N) is 1. The van der Waals surface area contributed by atoms with Crippen LogP contribution < -0.4 is 10.2 Å². The lowest BCUT2D eigenvalue weighted by atomic mass is 10.2. The zero-order valence-electron chi connectivity index (χ0n) is 13.2. The molecule has 2 rings (SSSR count). The highest BCUT2D eigenvalue weighted by Gasteiger charge is 2.15. The number of rotatable bonds is 6. The molecule has 0 aliphatic heterocycles. The first kappa shape index (κ1) is 16.4. The largest absolute Gasteiger partial charge is 0.403 e. The van der Waals surface area contributed by atoms with E-state index in [2.05, 4.69) is 15.5 Å². The van der Waals surface area contributed by atoms with E-state index >= 15 is 0 Å². The third-order valence-electron chi connectivity index (χ3n) is 3.14. The van der Waals surface area contributed by atoms with Gasteiger partial charge in [-0.05, 0) is 36.9 Å². The van der Waals surface area contributed by atoms with E-state index in [0.29, 0.717) is 11.9 Å². The fourth-order valence-corrected chi connectivity index (χ4v) is 2.50. The molecule has 1 heterocycles. The average Bonchev–Trinajstić information content (AvgIpc) is 2.99. The van der Waals surface area contributed by atoms with Crippen LogP contribution in [-0.4, -0.2) is 41.7 Å². The summed E-state index contributed by atoms with van der Waals surface area (Å²) in [4.78, 5) is 13.8. The summed E-state index contributed by atoms with van der Waals surface area (Å²) >= 11 is 1.55. The molecule has 6 nitrogen and oxygen atoms in total. The molecule has 1 N–H and O–H groups in total. The predicted molar refractivity (Wildman–Crippen MR) is 90.3 cm³/mol. The maximum absolute atomic E-state index is 12.0. The fourth-order valence-electron chi connectivity index (χ4n) is 1.89. The molecule has 0 saturated heterocycles. The molecule has 0 bridgehead atoms. The van der Waals surface area contributed by atoms with E-state index in [1.807, 2.05) is 51.5 Å². The van der Waals surface area contributed by atoms with E-state index in [0.717, 1.165) is 17.7 Å². The Balaban J connectivity index is 2.08. The molecule has 1 atom stereocenters. The van der Waals surface area contributed by atoms with Gasteiger partial charge in [-0.25, -0.2) is 0 Å². The van der Waals surface area contributed by atoms with Crippen molar-refractivity contribution in [2.24, 2.45) is 0 Å². The minimum absolute atomic E-state index is 0.0236. The van der Waals surface area contributed by atoms with Crippen molar-refractivity contribution in [3.05, 3.63) is 24.3 Å². The number of carbonyl (C=O) groups excluding carboxylic acids is 1. The molecule has 118 valence electrons. The van der Waals surface area contributed by atoms with Gasteiger partial charge in [-0.15, -0.1) is 5.10 Å². The highest BCUT2D eigenvalue weighted by molar-refractivity contribution is 7.99. The first-order valence-electron chi connectivity index (χ1n) is 7.00. The summed E-state index contributed by atoms with van der Waals surface area (Å²) in [5.74, 6) is 0.479. The van der Waals surface area contributed by atoms with Crippen LogP contribution in [-0.2, 0) is 4.79 Å². The molecule has 1 aromatic heterocycles. The van der Waals surface area contributed by atoms with E-state index in [-0.39, 0.29) is 11.2 Å². The van der Waals surface area contributed by atoms with Gasteiger partial charge >= 0.3 is 6.01 Å². The molecule has 0 saturated carbocycles. The van der Waals surface area contributed by atoms with Crippen LogP contribution in [0.2, 0.25) is 0 Å². The molecule has 1 amide bonds. The van der Waals surface area contributed by atoms with Crippen molar-refractivity contribution >= 4 is 29.4 Å². The number of hydrogen-bond donors (Lipinski definition) is 1. The highest BCUT2D eigenvalue weighted by Crippen LogP contribution is 2.23. The maximum atomic E-state index is 12.0. The topological polar surface area (TPSA) is 71.3 Å². The van der Waals surface area contributed by atoms with Gasteiger partial charge in [0.05, 0.1) is 5.25 Å². The third-order valence-corrected chi connectivity index (χ3v) is 4.26. The Hall–Kier alpha value is -2.02. The smallest absolute Gasteiger partial charge is 0.317 e. The number of amides is 1. The molecule has 0 fully saturated rings. The van der Waals surface area contributed by atoms with Crippen LogP contribution in [0.3, 0.4) is 0 Å². The molecule has 7 heteroatoms. The molecule has 0 spiro atoms. The lowest BCUT2D eigenvalue weighted by molar-refractivity contribution is -0.115. The molecule has 22 heavy (non-hydrogen) atoms. The Bertz CT molecular complexity index is 621.